The quantitative estimate of drug-likeness (QED) is 0.840. The predicted octanol–water partition coefficient (Wildman–Crippen LogP) is 3.62. The monoisotopic (exact) mass is 324 g/mol. The first-order valence-electron chi connectivity index (χ1n) is 7.91. The van der Waals surface area contributed by atoms with Crippen LogP contribution in [0.25, 0.3) is 0 Å². The Morgan fingerprint density at radius 3 is 2.14 bits per heavy atom. The van der Waals surface area contributed by atoms with Crippen LogP contribution in [-0.2, 0) is 14.6 Å². The number of hydrogen-bond acceptors (Lipinski definition) is 3. The molecule has 1 fully saturated rings. The summed E-state index contributed by atoms with van der Waals surface area (Å²) < 4.78 is 23.0. The third-order valence-electron chi connectivity index (χ3n) is 4.55. The SMILES string of the molecule is CS(=O)(=O)c1ccc([C@H](CC2CCCCCC2)C(=O)O)cc1. The zero-order chi connectivity index (χ0) is 16.2. The lowest BCUT2D eigenvalue weighted by Crippen LogP contribution is -2.16. The standard InChI is InChI=1S/C17H24O4S/c1-22(20,21)15-10-8-14(9-11-15)16(17(18)19)12-13-6-4-2-3-5-7-13/h8-11,13,16H,2-7,12H2,1H3,(H,18,19)/t16-/m0/s1. The number of hydrogen-bond donors (Lipinski definition) is 1. The smallest absolute Gasteiger partial charge is 0.310 e. The van der Waals surface area contributed by atoms with E-state index in [0.29, 0.717) is 17.9 Å². The molecule has 0 radical (unpaired) electrons. The first-order valence-corrected chi connectivity index (χ1v) is 9.80. The Balaban J connectivity index is 2.15. The Morgan fingerprint density at radius 1 is 1.14 bits per heavy atom. The van der Waals surface area contributed by atoms with Crippen molar-refractivity contribution < 1.29 is 18.3 Å². The lowest BCUT2D eigenvalue weighted by Gasteiger charge is -2.20. The van der Waals surface area contributed by atoms with Gasteiger partial charge in [0.15, 0.2) is 9.84 Å². The molecule has 22 heavy (non-hydrogen) atoms. The fourth-order valence-corrected chi connectivity index (χ4v) is 3.89. The number of aliphatic carboxylic acids is 1. The van der Waals surface area contributed by atoms with E-state index >= 15 is 0 Å². The molecule has 122 valence electrons. The topological polar surface area (TPSA) is 71.4 Å². The molecule has 0 saturated heterocycles. The van der Waals surface area contributed by atoms with Gasteiger partial charge in [-0.3, -0.25) is 4.79 Å². The van der Waals surface area contributed by atoms with Crippen LogP contribution in [0.3, 0.4) is 0 Å². The molecule has 0 heterocycles. The molecule has 2 rings (SSSR count). The number of rotatable bonds is 5. The van der Waals surface area contributed by atoms with Gasteiger partial charge in [-0.25, -0.2) is 8.42 Å². The maximum Gasteiger partial charge on any atom is 0.310 e. The van der Waals surface area contributed by atoms with Crippen LogP contribution in [0.5, 0.6) is 0 Å². The molecule has 1 atom stereocenters. The van der Waals surface area contributed by atoms with Crippen molar-refractivity contribution in [2.75, 3.05) is 6.26 Å². The minimum Gasteiger partial charge on any atom is -0.481 e. The van der Waals surface area contributed by atoms with Crippen LogP contribution in [-0.4, -0.2) is 25.7 Å². The number of carbonyl (C=O) groups is 1. The van der Waals surface area contributed by atoms with Gasteiger partial charge in [0.2, 0.25) is 0 Å². The second-order valence-corrected chi connectivity index (χ2v) is 8.34. The number of carboxylic acid groups (broad SMARTS) is 1. The van der Waals surface area contributed by atoms with E-state index in [9.17, 15) is 18.3 Å². The molecule has 0 aromatic heterocycles. The van der Waals surface area contributed by atoms with Crippen molar-refractivity contribution in [1.29, 1.82) is 0 Å². The Morgan fingerprint density at radius 2 is 1.68 bits per heavy atom. The molecular formula is C17H24O4S. The molecule has 1 saturated carbocycles. The van der Waals surface area contributed by atoms with Crippen LogP contribution in [0.15, 0.2) is 29.2 Å². The highest BCUT2D eigenvalue weighted by Gasteiger charge is 2.25. The molecular weight excluding hydrogens is 300 g/mol. The summed E-state index contributed by atoms with van der Waals surface area (Å²) in [4.78, 5) is 11.9. The molecule has 0 amide bonds. The van der Waals surface area contributed by atoms with Crippen LogP contribution >= 0.6 is 0 Å². The van der Waals surface area contributed by atoms with Gasteiger partial charge in [-0.2, -0.15) is 0 Å². The van der Waals surface area contributed by atoms with Crippen molar-refractivity contribution >= 4 is 15.8 Å². The van der Waals surface area contributed by atoms with Crippen LogP contribution < -0.4 is 0 Å². The van der Waals surface area contributed by atoms with E-state index in [1.807, 2.05) is 0 Å². The van der Waals surface area contributed by atoms with E-state index < -0.39 is 21.7 Å². The van der Waals surface area contributed by atoms with E-state index in [0.717, 1.165) is 19.1 Å². The van der Waals surface area contributed by atoms with Crippen molar-refractivity contribution in [1.82, 2.24) is 0 Å². The van der Waals surface area contributed by atoms with E-state index in [2.05, 4.69) is 0 Å². The van der Waals surface area contributed by atoms with Crippen molar-refractivity contribution in [2.45, 2.75) is 55.8 Å². The molecule has 0 unspecified atom stereocenters. The Kier molecular flexibility index (Phi) is 5.62. The molecule has 1 aromatic carbocycles. The summed E-state index contributed by atoms with van der Waals surface area (Å²) in [6, 6.07) is 6.30. The first-order chi connectivity index (χ1) is 10.4. The van der Waals surface area contributed by atoms with E-state index in [-0.39, 0.29) is 4.90 Å². The summed E-state index contributed by atoms with van der Waals surface area (Å²) in [7, 11) is -3.24. The fraction of sp³-hybridized carbons (Fsp3) is 0.588. The van der Waals surface area contributed by atoms with Gasteiger partial charge in [0.1, 0.15) is 0 Å². The summed E-state index contributed by atoms with van der Waals surface area (Å²) in [5, 5.41) is 9.54. The Bertz CT molecular complexity index is 596. The largest absolute Gasteiger partial charge is 0.481 e. The molecule has 4 nitrogen and oxygen atoms in total. The second-order valence-electron chi connectivity index (χ2n) is 6.33. The van der Waals surface area contributed by atoms with Crippen molar-refractivity contribution in [3.05, 3.63) is 29.8 Å². The average Bonchev–Trinajstić information content (AvgIpc) is 2.72. The molecule has 1 aliphatic rings. The van der Waals surface area contributed by atoms with Gasteiger partial charge >= 0.3 is 5.97 Å². The molecule has 0 aliphatic heterocycles. The highest BCUT2D eigenvalue weighted by molar-refractivity contribution is 7.90. The van der Waals surface area contributed by atoms with Gasteiger partial charge in [-0.15, -0.1) is 0 Å². The molecule has 5 heteroatoms. The van der Waals surface area contributed by atoms with Crippen LogP contribution in [0, 0.1) is 5.92 Å². The first kappa shape index (κ1) is 17.0. The van der Waals surface area contributed by atoms with Crippen molar-refractivity contribution in [2.24, 2.45) is 5.92 Å². The molecule has 0 spiro atoms. The molecule has 0 bridgehead atoms. The number of carboxylic acids is 1. The van der Waals surface area contributed by atoms with Crippen molar-refractivity contribution in [3.63, 3.8) is 0 Å². The van der Waals surface area contributed by atoms with Gasteiger partial charge in [0.05, 0.1) is 10.8 Å². The molecule has 1 aliphatic carbocycles. The van der Waals surface area contributed by atoms with E-state index in [1.54, 1.807) is 12.1 Å². The lowest BCUT2D eigenvalue weighted by molar-refractivity contribution is -0.139. The predicted molar refractivity (Wildman–Crippen MR) is 85.7 cm³/mol. The fourth-order valence-electron chi connectivity index (χ4n) is 3.26. The Hall–Kier alpha value is -1.36. The van der Waals surface area contributed by atoms with Gasteiger partial charge < -0.3 is 5.11 Å². The maximum absolute atomic E-state index is 11.6. The lowest BCUT2D eigenvalue weighted by atomic mass is 9.85. The molecule has 1 aromatic rings. The summed E-state index contributed by atoms with van der Waals surface area (Å²) in [6.07, 6.45) is 8.87. The van der Waals surface area contributed by atoms with E-state index in [1.165, 1.54) is 37.8 Å². The highest BCUT2D eigenvalue weighted by atomic mass is 32.2. The third kappa shape index (κ3) is 4.57. The average molecular weight is 324 g/mol. The van der Waals surface area contributed by atoms with Gasteiger partial charge in [-0.05, 0) is 30.0 Å². The summed E-state index contributed by atoms with van der Waals surface area (Å²) in [5.74, 6) is -0.911. The van der Waals surface area contributed by atoms with E-state index in [4.69, 9.17) is 0 Å². The zero-order valence-electron chi connectivity index (χ0n) is 13.0. The summed E-state index contributed by atoms with van der Waals surface area (Å²) >= 11 is 0. The highest BCUT2D eigenvalue weighted by Crippen LogP contribution is 2.32. The third-order valence-corrected chi connectivity index (χ3v) is 5.68. The van der Waals surface area contributed by atoms with Gasteiger partial charge in [0, 0.05) is 6.26 Å². The maximum atomic E-state index is 11.6. The number of benzene rings is 1. The number of sulfone groups is 1. The normalized spacial score (nSPS) is 18.6. The summed E-state index contributed by atoms with van der Waals surface area (Å²) in [5.41, 5.74) is 0.698. The molecule has 1 N–H and O–H groups in total. The second kappa shape index (κ2) is 7.27. The van der Waals surface area contributed by atoms with Gasteiger partial charge in [-0.1, -0.05) is 50.7 Å². The van der Waals surface area contributed by atoms with Crippen LogP contribution in [0.2, 0.25) is 0 Å². The van der Waals surface area contributed by atoms with Crippen LogP contribution in [0.4, 0.5) is 0 Å². The van der Waals surface area contributed by atoms with Gasteiger partial charge in [0.25, 0.3) is 0 Å². The minimum absolute atomic E-state index is 0.231. The summed E-state index contributed by atoms with van der Waals surface area (Å²) in [6.45, 7) is 0. The minimum atomic E-state index is -3.24. The Labute approximate surface area is 132 Å². The van der Waals surface area contributed by atoms with Crippen LogP contribution in [0.1, 0.15) is 56.4 Å². The zero-order valence-corrected chi connectivity index (χ0v) is 13.8. The van der Waals surface area contributed by atoms with Crippen molar-refractivity contribution in [3.8, 4) is 0 Å².